The average Bonchev–Trinajstić information content (AvgIpc) is 2.16. The van der Waals surface area contributed by atoms with Gasteiger partial charge in [0.05, 0.1) is 5.56 Å². The summed E-state index contributed by atoms with van der Waals surface area (Å²) in [6.45, 7) is 3.60. The number of rotatable bonds is 3. The molecule has 0 aliphatic rings. The van der Waals surface area contributed by atoms with Crippen molar-refractivity contribution in [2.24, 2.45) is 0 Å². The van der Waals surface area contributed by atoms with E-state index in [1.54, 1.807) is 13.8 Å². The quantitative estimate of drug-likeness (QED) is 0.818. The number of pyridine rings is 1. The van der Waals surface area contributed by atoms with Gasteiger partial charge in [0.1, 0.15) is 0 Å². The zero-order valence-electron chi connectivity index (χ0n) is 9.10. The molecule has 0 atom stereocenters. The Balaban J connectivity index is 0.00000225. The standard InChI is InChI=1S/C10H11NO4.Zn/c1-5(2)6-3-4-11-8(10(14)15)7(6)9(12)13;/h3-5H,1-2H3,(H,12,13)(H,14,15);. The second-order valence-electron chi connectivity index (χ2n) is 3.39. The Morgan fingerprint density at radius 1 is 1.25 bits per heavy atom. The summed E-state index contributed by atoms with van der Waals surface area (Å²) < 4.78 is 0. The van der Waals surface area contributed by atoms with E-state index in [-0.39, 0.29) is 31.0 Å². The Labute approximate surface area is 105 Å². The minimum atomic E-state index is -1.32. The molecule has 0 aliphatic carbocycles. The predicted octanol–water partition coefficient (Wildman–Crippen LogP) is 1.60. The van der Waals surface area contributed by atoms with Crippen LogP contribution in [0.25, 0.3) is 0 Å². The number of carbonyl (C=O) groups is 2. The first-order valence-electron chi connectivity index (χ1n) is 4.40. The van der Waals surface area contributed by atoms with Gasteiger partial charge in [-0.3, -0.25) is 0 Å². The number of hydrogen-bond acceptors (Lipinski definition) is 3. The van der Waals surface area contributed by atoms with E-state index in [4.69, 9.17) is 10.2 Å². The molecule has 6 heteroatoms. The zero-order valence-corrected chi connectivity index (χ0v) is 12.1. The molecule has 5 nitrogen and oxygen atoms in total. The molecule has 82 valence electrons. The number of hydrogen-bond donors (Lipinski definition) is 2. The molecule has 0 amide bonds. The topological polar surface area (TPSA) is 87.5 Å². The number of carboxylic acid groups (broad SMARTS) is 2. The molecule has 0 saturated heterocycles. The maximum Gasteiger partial charge on any atom is 0.355 e. The summed E-state index contributed by atoms with van der Waals surface area (Å²) in [5.74, 6) is -2.64. The van der Waals surface area contributed by atoms with Gasteiger partial charge in [-0.05, 0) is 17.5 Å². The normalized spacial score (nSPS) is 9.69. The predicted molar refractivity (Wildman–Crippen MR) is 52.2 cm³/mol. The van der Waals surface area contributed by atoms with Crippen LogP contribution in [0.1, 0.15) is 46.2 Å². The Bertz CT molecular complexity index is 417. The van der Waals surface area contributed by atoms with E-state index in [2.05, 4.69) is 4.98 Å². The monoisotopic (exact) mass is 273 g/mol. The minimum absolute atomic E-state index is 0. The van der Waals surface area contributed by atoms with Gasteiger partial charge in [0, 0.05) is 25.7 Å². The summed E-state index contributed by atoms with van der Waals surface area (Å²) in [4.78, 5) is 25.3. The third kappa shape index (κ3) is 2.86. The Morgan fingerprint density at radius 3 is 2.19 bits per heavy atom. The van der Waals surface area contributed by atoms with Crippen molar-refractivity contribution >= 4 is 11.9 Å². The van der Waals surface area contributed by atoms with Gasteiger partial charge in [0.15, 0.2) is 5.69 Å². The van der Waals surface area contributed by atoms with Crippen molar-refractivity contribution in [3.63, 3.8) is 0 Å². The average molecular weight is 275 g/mol. The van der Waals surface area contributed by atoms with E-state index >= 15 is 0 Å². The second kappa shape index (κ2) is 5.70. The van der Waals surface area contributed by atoms with Gasteiger partial charge in [-0.1, -0.05) is 13.8 Å². The largest absolute Gasteiger partial charge is 0.478 e. The maximum atomic E-state index is 10.9. The third-order valence-corrected chi connectivity index (χ3v) is 2.02. The Morgan fingerprint density at radius 2 is 1.81 bits per heavy atom. The van der Waals surface area contributed by atoms with Gasteiger partial charge in [0.25, 0.3) is 0 Å². The van der Waals surface area contributed by atoms with Crippen LogP contribution in [0.3, 0.4) is 0 Å². The van der Waals surface area contributed by atoms with Crippen LogP contribution >= 0.6 is 0 Å². The smallest absolute Gasteiger partial charge is 0.355 e. The van der Waals surface area contributed by atoms with Gasteiger partial charge in [-0.2, -0.15) is 0 Å². The van der Waals surface area contributed by atoms with E-state index in [0.717, 1.165) is 0 Å². The summed E-state index contributed by atoms with van der Waals surface area (Å²) in [7, 11) is 0. The summed E-state index contributed by atoms with van der Waals surface area (Å²) >= 11 is 0. The van der Waals surface area contributed by atoms with Crippen LogP contribution in [0.4, 0.5) is 0 Å². The van der Waals surface area contributed by atoms with Crippen molar-refractivity contribution < 1.29 is 39.3 Å². The van der Waals surface area contributed by atoms with E-state index in [9.17, 15) is 9.59 Å². The number of aromatic nitrogens is 1. The molecule has 0 unspecified atom stereocenters. The number of carboxylic acids is 2. The Kier molecular flexibility index (Phi) is 5.24. The van der Waals surface area contributed by atoms with Gasteiger partial charge in [-0.15, -0.1) is 0 Å². The van der Waals surface area contributed by atoms with Crippen molar-refractivity contribution in [3.05, 3.63) is 29.1 Å². The third-order valence-electron chi connectivity index (χ3n) is 2.02. The number of aromatic carboxylic acids is 2. The molecule has 2 N–H and O–H groups in total. The summed E-state index contributed by atoms with van der Waals surface area (Å²) in [5.41, 5.74) is -0.149. The summed E-state index contributed by atoms with van der Waals surface area (Å²) in [6.07, 6.45) is 1.31. The molecule has 16 heavy (non-hydrogen) atoms. The molecule has 0 fully saturated rings. The van der Waals surface area contributed by atoms with Crippen molar-refractivity contribution in [2.75, 3.05) is 0 Å². The first-order valence-corrected chi connectivity index (χ1v) is 4.40. The SMILES string of the molecule is CC(C)c1ccnc(C(=O)O)c1C(=O)O.[Zn]. The summed E-state index contributed by atoms with van der Waals surface area (Å²) in [5, 5.41) is 17.7. The summed E-state index contributed by atoms with van der Waals surface area (Å²) in [6, 6.07) is 1.53. The molecule has 0 bridgehead atoms. The van der Waals surface area contributed by atoms with Crippen molar-refractivity contribution in [3.8, 4) is 0 Å². The Hall–Kier alpha value is -1.29. The molecular formula is C10H11NO4Zn. The fourth-order valence-corrected chi connectivity index (χ4v) is 1.34. The zero-order chi connectivity index (χ0) is 11.6. The molecule has 0 radical (unpaired) electrons. The maximum absolute atomic E-state index is 10.9. The molecule has 1 aromatic heterocycles. The molecule has 1 rings (SSSR count). The van der Waals surface area contributed by atoms with Gasteiger partial charge in [0.2, 0.25) is 0 Å². The molecule has 0 saturated carbocycles. The minimum Gasteiger partial charge on any atom is -0.478 e. The van der Waals surface area contributed by atoms with Gasteiger partial charge >= 0.3 is 11.9 Å². The molecular weight excluding hydrogens is 264 g/mol. The van der Waals surface area contributed by atoms with Crippen LogP contribution in [0.2, 0.25) is 0 Å². The molecule has 1 heterocycles. The van der Waals surface area contributed by atoms with Crippen LogP contribution in [0.15, 0.2) is 12.3 Å². The first-order chi connectivity index (χ1) is 6.95. The van der Waals surface area contributed by atoms with Crippen molar-refractivity contribution in [1.29, 1.82) is 0 Å². The van der Waals surface area contributed by atoms with Crippen molar-refractivity contribution in [1.82, 2.24) is 4.98 Å². The van der Waals surface area contributed by atoms with E-state index in [0.29, 0.717) is 5.56 Å². The molecule has 0 aromatic carbocycles. The van der Waals surface area contributed by atoms with Crippen LogP contribution in [0, 0.1) is 0 Å². The van der Waals surface area contributed by atoms with Gasteiger partial charge in [-0.25, -0.2) is 14.6 Å². The second-order valence-corrected chi connectivity index (χ2v) is 3.39. The van der Waals surface area contributed by atoms with E-state index in [1.807, 2.05) is 0 Å². The van der Waals surface area contributed by atoms with Crippen molar-refractivity contribution in [2.45, 2.75) is 19.8 Å². The van der Waals surface area contributed by atoms with Crippen LogP contribution in [-0.2, 0) is 19.5 Å². The molecule has 0 aliphatic heterocycles. The van der Waals surface area contributed by atoms with E-state index < -0.39 is 17.6 Å². The fourth-order valence-electron chi connectivity index (χ4n) is 1.34. The van der Waals surface area contributed by atoms with Crippen LogP contribution in [-0.4, -0.2) is 27.1 Å². The van der Waals surface area contributed by atoms with E-state index in [1.165, 1.54) is 12.3 Å². The van der Waals surface area contributed by atoms with Gasteiger partial charge < -0.3 is 10.2 Å². The molecule has 1 aromatic rings. The van der Waals surface area contributed by atoms with Crippen LogP contribution < -0.4 is 0 Å². The number of nitrogens with zero attached hydrogens (tertiary/aromatic N) is 1. The fraction of sp³-hybridized carbons (Fsp3) is 0.300. The first kappa shape index (κ1) is 14.7. The van der Waals surface area contributed by atoms with Crippen LogP contribution in [0.5, 0.6) is 0 Å². The molecule has 0 spiro atoms.